The van der Waals surface area contributed by atoms with Gasteiger partial charge >= 0.3 is 0 Å². The first-order valence-electron chi connectivity index (χ1n) is 4.17. The Kier molecular flexibility index (Phi) is 2.97. The lowest BCUT2D eigenvalue weighted by atomic mass is 9.78. The Morgan fingerprint density at radius 3 is 2.64 bits per heavy atom. The quantitative estimate of drug-likeness (QED) is 0.692. The minimum Gasteiger partial charge on any atom is -0.308 e. The molecule has 0 radical (unpaired) electrons. The molecule has 0 atom stereocenters. The van der Waals surface area contributed by atoms with Crippen LogP contribution < -0.4 is 5.32 Å². The number of hydrogen-bond donors (Lipinski definition) is 1. The summed E-state index contributed by atoms with van der Waals surface area (Å²) in [5.74, 6) is 0. The average molecular weight is 174 g/mol. The summed E-state index contributed by atoms with van der Waals surface area (Å²) in [6, 6.07) is 0. The van der Waals surface area contributed by atoms with Crippen molar-refractivity contribution in [1.29, 1.82) is 0 Å². The Balaban J connectivity index is 2.21. The van der Waals surface area contributed by atoms with Gasteiger partial charge in [0.1, 0.15) is 0 Å². The van der Waals surface area contributed by atoms with Crippen molar-refractivity contribution in [3.63, 3.8) is 0 Å². The lowest BCUT2D eigenvalue weighted by Gasteiger charge is -2.39. The number of rotatable bonds is 3. The first-order valence-corrected chi connectivity index (χ1v) is 4.61. The van der Waals surface area contributed by atoms with E-state index in [-0.39, 0.29) is 0 Å². The third-order valence-electron chi connectivity index (χ3n) is 2.44. The summed E-state index contributed by atoms with van der Waals surface area (Å²) in [5.41, 5.74) is 3.26. The van der Waals surface area contributed by atoms with Crippen LogP contribution in [0.2, 0.25) is 0 Å². The molecule has 11 heavy (non-hydrogen) atoms. The molecule has 2 heteroatoms. The van der Waals surface area contributed by atoms with Crippen LogP contribution >= 0.6 is 11.6 Å². The fourth-order valence-electron chi connectivity index (χ4n) is 1.28. The van der Waals surface area contributed by atoms with Gasteiger partial charge in [0.25, 0.3) is 0 Å². The second-order valence-electron chi connectivity index (χ2n) is 3.72. The van der Waals surface area contributed by atoms with Gasteiger partial charge in [-0.2, -0.15) is 0 Å². The van der Waals surface area contributed by atoms with Crippen molar-refractivity contribution in [2.75, 3.05) is 6.54 Å². The van der Waals surface area contributed by atoms with Crippen LogP contribution in [0.1, 0.15) is 33.1 Å². The molecule has 0 aromatic carbocycles. The van der Waals surface area contributed by atoms with Gasteiger partial charge < -0.3 is 5.32 Å². The second kappa shape index (κ2) is 3.59. The van der Waals surface area contributed by atoms with Crippen molar-refractivity contribution in [1.82, 2.24) is 5.32 Å². The summed E-state index contributed by atoms with van der Waals surface area (Å²) in [6.07, 6.45) is 3.98. The standard InChI is InChI=1S/C9H16ClN/c1-8(6-10)7-11-9(2)4-3-5-9/h6,11H,3-5,7H2,1-2H3. The Bertz CT molecular complexity index is 159. The topological polar surface area (TPSA) is 12.0 Å². The van der Waals surface area contributed by atoms with Gasteiger partial charge in [-0.05, 0) is 38.7 Å². The van der Waals surface area contributed by atoms with Crippen LogP contribution in [0.15, 0.2) is 11.1 Å². The predicted molar refractivity (Wildman–Crippen MR) is 49.9 cm³/mol. The molecule has 0 bridgehead atoms. The van der Waals surface area contributed by atoms with Crippen molar-refractivity contribution in [2.45, 2.75) is 38.6 Å². The lowest BCUT2D eigenvalue weighted by molar-refractivity contribution is 0.215. The van der Waals surface area contributed by atoms with E-state index in [0.717, 1.165) is 6.54 Å². The number of nitrogens with one attached hydrogen (secondary N) is 1. The minimum atomic E-state index is 0.404. The predicted octanol–water partition coefficient (Wildman–Crippen LogP) is 2.66. The van der Waals surface area contributed by atoms with E-state index in [9.17, 15) is 0 Å². The van der Waals surface area contributed by atoms with Gasteiger partial charge in [-0.3, -0.25) is 0 Å². The van der Waals surface area contributed by atoms with Gasteiger partial charge in [-0.25, -0.2) is 0 Å². The smallest absolute Gasteiger partial charge is 0.0178 e. The monoisotopic (exact) mass is 173 g/mol. The van der Waals surface area contributed by atoms with E-state index >= 15 is 0 Å². The Labute approximate surface area is 73.8 Å². The summed E-state index contributed by atoms with van der Waals surface area (Å²) in [4.78, 5) is 0. The van der Waals surface area contributed by atoms with Crippen LogP contribution in [0.3, 0.4) is 0 Å². The van der Waals surface area contributed by atoms with E-state index in [4.69, 9.17) is 11.6 Å². The highest BCUT2D eigenvalue weighted by Gasteiger charge is 2.30. The largest absolute Gasteiger partial charge is 0.308 e. The molecule has 0 unspecified atom stereocenters. The molecule has 0 aromatic rings. The van der Waals surface area contributed by atoms with Gasteiger partial charge in [0.05, 0.1) is 0 Å². The van der Waals surface area contributed by atoms with Crippen LogP contribution in [0.25, 0.3) is 0 Å². The highest BCUT2D eigenvalue weighted by Crippen LogP contribution is 2.30. The SMILES string of the molecule is CC(=CCl)CNC1(C)CCC1. The third-order valence-corrected chi connectivity index (χ3v) is 2.81. The van der Waals surface area contributed by atoms with E-state index in [2.05, 4.69) is 12.2 Å². The van der Waals surface area contributed by atoms with Gasteiger partial charge in [-0.1, -0.05) is 11.6 Å². The molecule has 0 aliphatic heterocycles. The molecule has 1 N–H and O–H groups in total. The van der Waals surface area contributed by atoms with E-state index in [1.54, 1.807) is 5.54 Å². The fraction of sp³-hybridized carbons (Fsp3) is 0.778. The molecule has 0 spiro atoms. The molecule has 0 aromatic heterocycles. The minimum absolute atomic E-state index is 0.404. The van der Waals surface area contributed by atoms with Gasteiger partial charge in [0, 0.05) is 17.6 Å². The Morgan fingerprint density at radius 2 is 2.27 bits per heavy atom. The van der Waals surface area contributed by atoms with Crippen LogP contribution in [-0.2, 0) is 0 Å². The molecule has 1 fully saturated rings. The van der Waals surface area contributed by atoms with Crippen LogP contribution in [0.5, 0.6) is 0 Å². The van der Waals surface area contributed by atoms with Crippen LogP contribution in [-0.4, -0.2) is 12.1 Å². The zero-order chi connectivity index (χ0) is 8.32. The molecule has 1 aliphatic rings. The molecular weight excluding hydrogens is 158 g/mol. The summed E-state index contributed by atoms with van der Waals surface area (Å²) in [6.45, 7) is 5.25. The molecule has 1 nitrogen and oxygen atoms in total. The number of hydrogen-bond acceptors (Lipinski definition) is 1. The molecule has 0 saturated heterocycles. The van der Waals surface area contributed by atoms with Crippen LogP contribution in [0, 0.1) is 0 Å². The maximum absolute atomic E-state index is 5.54. The average Bonchev–Trinajstić information content (AvgIpc) is 1.96. The first kappa shape index (κ1) is 9.08. The summed E-state index contributed by atoms with van der Waals surface area (Å²) < 4.78 is 0. The maximum Gasteiger partial charge on any atom is 0.0178 e. The zero-order valence-electron chi connectivity index (χ0n) is 7.28. The highest BCUT2D eigenvalue weighted by molar-refractivity contribution is 6.25. The van der Waals surface area contributed by atoms with Gasteiger partial charge in [0.15, 0.2) is 0 Å². The molecule has 1 saturated carbocycles. The number of halogens is 1. The maximum atomic E-state index is 5.54. The van der Waals surface area contributed by atoms with Gasteiger partial charge in [-0.15, -0.1) is 0 Å². The first-order chi connectivity index (χ1) is 5.16. The Morgan fingerprint density at radius 1 is 1.64 bits per heavy atom. The van der Waals surface area contributed by atoms with Crippen molar-refractivity contribution in [3.05, 3.63) is 11.1 Å². The summed E-state index contributed by atoms with van der Waals surface area (Å²) in [7, 11) is 0. The van der Waals surface area contributed by atoms with Gasteiger partial charge in [0.2, 0.25) is 0 Å². The fourth-order valence-corrected chi connectivity index (χ4v) is 1.35. The van der Waals surface area contributed by atoms with E-state index in [1.807, 2.05) is 6.92 Å². The lowest BCUT2D eigenvalue weighted by Crippen LogP contribution is -2.48. The van der Waals surface area contributed by atoms with E-state index in [0.29, 0.717) is 5.54 Å². The van der Waals surface area contributed by atoms with E-state index in [1.165, 1.54) is 24.8 Å². The van der Waals surface area contributed by atoms with Crippen molar-refractivity contribution < 1.29 is 0 Å². The normalized spacial score (nSPS) is 23.0. The second-order valence-corrected chi connectivity index (χ2v) is 3.94. The Hall–Kier alpha value is -0.0100. The van der Waals surface area contributed by atoms with Crippen molar-refractivity contribution in [2.24, 2.45) is 0 Å². The molecule has 0 heterocycles. The molecule has 1 rings (SSSR count). The molecule has 1 aliphatic carbocycles. The van der Waals surface area contributed by atoms with E-state index < -0.39 is 0 Å². The summed E-state index contributed by atoms with van der Waals surface area (Å²) in [5, 5.41) is 3.49. The van der Waals surface area contributed by atoms with Crippen molar-refractivity contribution in [3.8, 4) is 0 Å². The zero-order valence-corrected chi connectivity index (χ0v) is 8.04. The van der Waals surface area contributed by atoms with Crippen LogP contribution in [0.4, 0.5) is 0 Å². The molecular formula is C9H16ClN. The van der Waals surface area contributed by atoms with Crippen molar-refractivity contribution >= 4 is 11.6 Å². The third kappa shape index (κ3) is 2.49. The highest BCUT2D eigenvalue weighted by atomic mass is 35.5. The molecule has 0 amide bonds. The molecule has 64 valence electrons. The summed E-state index contributed by atoms with van der Waals surface area (Å²) >= 11 is 5.54.